The lowest BCUT2D eigenvalue weighted by molar-refractivity contribution is -0.161. The molecule has 304 valence electrons. The molecule has 2 aromatic rings. The molecule has 4 aliphatic carbocycles. The minimum absolute atomic E-state index is 0.0159. The average molecular weight is 770 g/mol. The van der Waals surface area contributed by atoms with Crippen molar-refractivity contribution in [1.82, 2.24) is 15.5 Å². The average Bonchev–Trinajstić information content (AvgIpc) is 3.50. The van der Waals surface area contributed by atoms with Crippen molar-refractivity contribution in [3.05, 3.63) is 71.8 Å². The molecule has 6 rings (SSSR count). The SMILES string of the molecule is CC(=O)O[C@H]1CC[C@@]2(C)[C@@H](CC[C@@H]3[C@@H]2CC[C@]2(C)[C@@H](C(=O)CN(CC(=O)NCc4ccccc4)C(=O)[C@H](Cc4ccccc4)NC(=O)OC(C)(C)C)CC[C@@H]32)C1. The van der Waals surface area contributed by atoms with Crippen LogP contribution in [0.15, 0.2) is 60.7 Å². The standard InChI is InChI=1S/C46H63N3O7/c1-30(50)55-34-21-23-45(5)33(26-34)17-18-35-36-19-20-38(46(36,6)24-22-37(35)45)40(51)28-49(29-41(52)47-27-32-15-11-8-12-16-32)42(53)39(25-31-13-9-7-10-14-31)48-43(54)56-44(2,3)4/h7-16,33-39H,17-29H2,1-6H3,(H,47,52)(H,48,54)/t33-,34-,35-,36-,37-,38+,39-,45-,46-/m0/s1. The van der Waals surface area contributed by atoms with Gasteiger partial charge in [-0.15, -0.1) is 0 Å². The second-order valence-electron chi connectivity index (χ2n) is 18.6. The minimum atomic E-state index is -1.06. The van der Waals surface area contributed by atoms with Crippen LogP contribution >= 0.6 is 0 Å². The number of ketones is 1. The summed E-state index contributed by atoms with van der Waals surface area (Å²) in [6.45, 7) is 11.3. The molecule has 56 heavy (non-hydrogen) atoms. The molecule has 0 bridgehead atoms. The lowest BCUT2D eigenvalue weighted by atomic mass is 9.44. The molecular formula is C46H63N3O7. The molecule has 0 heterocycles. The Balaban J connectivity index is 1.20. The number of esters is 1. The predicted octanol–water partition coefficient (Wildman–Crippen LogP) is 7.43. The zero-order valence-electron chi connectivity index (χ0n) is 34.3. The second-order valence-corrected chi connectivity index (χ2v) is 18.6. The topological polar surface area (TPSA) is 131 Å². The predicted molar refractivity (Wildman–Crippen MR) is 214 cm³/mol. The maximum Gasteiger partial charge on any atom is 0.408 e. The molecule has 0 aromatic heterocycles. The Bertz CT molecular complexity index is 1730. The van der Waals surface area contributed by atoms with Crippen molar-refractivity contribution in [2.75, 3.05) is 13.1 Å². The molecule has 10 nitrogen and oxygen atoms in total. The van der Waals surface area contributed by atoms with Crippen LogP contribution < -0.4 is 10.6 Å². The molecule has 2 aromatic carbocycles. The number of nitrogens with zero attached hydrogens (tertiary/aromatic N) is 1. The van der Waals surface area contributed by atoms with Gasteiger partial charge in [-0.2, -0.15) is 0 Å². The highest BCUT2D eigenvalue weighted by molar-refractivity contribution is 5.94. The molecule has 0 unspecified atom stereocenters. The smallest absolute Gasteiger partial charge is 0.408 e. The highest BCUT2D eigenvalue weighted by atomic mass is 16.6. The summed E-state index contributed by atoms with van der Waals surface area (Å²) in [6, 6.07) is 17.9. The highest BCUT2D eigenvalue weighted by Gasteiger charge is 2.61. The van der Waals surface area contributed by atoms with Gasteiger partial charge in [0.1, 0.15) is 24.3 Å². The Morgan fingerprint density at radius 3 is 2.11 bits per heavy atom. The molecule has 2 N–H and O–H groups in total. The number of alkyl carbamates (subject to hydrolysis) is 1. The van der Waals surface area contributed by atoms with Crippen molar-refractivity contribution in [1.29, 1.82) is 0 Å². The van der Waals surface area contributed by atoms with Gasteiger partial charge in [0, 0.05) is 25.8 Å². The molecule has 9 atom stereocenters. The largest absolute Gasteiger partial charge is 0.463 e. The van der Waals surface area contributed by atoms with E-state index in [1.54, 1.807) is 20.8 Å². The van der Waals surface area contributed by atoms with Crippen LogP contribution in [0.2, 0.25) is 0 Å². The summed E-state index contributed by atoms with van der Waals surface area (Å²) in [5.41, 5.74) is 0.968. The van der Waals surface area contributed by atoms with Gasteiger partial charge < -0.3 is 25.0 Å². The van der Waals surface area contributed by atoms with Gasteiger partial charge in [-0.1, -0.05) is 74.5 Å². The summed E-state index contributed by atoms with van der Waals surface area (Å²) in [6.07, 6.45) is 8.38. The van der Waals surface area contributed by atoms with E-state index in [0.29, 0.717) is 23.7 Å². The molecule has 10 heteroatoms. The number of carbonyl (C=O) groups excluding carboxylic acids is 5. The first-order chi connectivity index (χ1) is 26.6. The molecule has 0 radical (unpaired) electrons. The van der Waals surface area contributed by atoms with Crippen LogP contribution in [0.5, 0.6) is 0 Å². The van der Waals surface area contributed by atoms with Gasteiger partial charge in [0.25, 0.3) is 0 Å². The van der Waals surface area contributed by atoms with Crippen molar-refractivity contribution in [3.8, 4) is 0 Å². The molecule has 0 saturated heterocycles. The van der Waals surface area contributed by atoms with Crippen LogP contribution in [0.25, 0.3) is 0 Å². The summed E-state index contributed by atoms with van der Waals surface area (Å²) in [5.74, 6) is 0.748. The number of ether oxygens (including phenoxy) is 2. The Morgan fingerprint density at radius 2 is 1.45 bits per heavy atom. The lowest BCUT2D eigenvalue weighted by Gasteiger charge is -2.61. The first-order valence-corrected chi connectivity index (χ1v) is 20.9. The monoisotopic (exact) mass is 769 g/mol. The van der Waals surface area contributed by atoms with E-state index in [-0.39, 0.29) is 66.6 Å². The molecule has 4 saturated carbocycles. The quantitative estimate of drug-likeness (QED) is 0.215. The maximum atomic E-state index is 14.7. The fraction of sp³-hybridized carbons (Fsp3) is 0.630. The van der Waals surface area contributed by atoms with Gasteiger partial charge in [0.2, 0.25) is 11.8 Å². The summed E-state index contributed by atoms with van der Waals surface area (Å²) in [7, 11) is 0. The van der Waals surface area contributed by atoms with E-state index in [0.717, 1.165) is 68.9 Å². The number of fused-ring (bicyclic) bond motifs is 5. The fourth-order valence-electron chi connectivity index (χ4n) is 11.3. The van der Waals surface area contributed by atoms with Crippen molar-refractivity contribution >= 4 is 29.7 Å². The number of amides is 3. The summed E-state index contributed by atoms with van der Waals surface area (Å²) in [4.78, 5) is 69.0. The Kier molecular flexibility index (Phi) is 12.7. The zero-order chi connectivity index (χ0) is 40.3. The first-order valence-electron chi connectivity index (χ1n) is 20.9. The van der Waals surface area contributed by atoms with Gasteiger partial charge in [0.15, 0.2) is 5.78 Å². The number of carbonyl (C=O) groups is 5. The van der Waals surface area contributed by atoms with Crippen molar-refractivity contribution in [3.63, 3.8) is 0 Å². The Morgan fingerprint density at radius 1 is 0.804 bits per heavy atom. The van der Waals surface area contributed by atoms with Gasteiger partial charge in [0.05, 0.1) is 6.54 Å². The molecule has 4 fully saturated rings. The number of rotatable bonds is 12. The van der Waals surface area contributed by atoms with Crippen LogP contribution in [-0.2, 0) is 41.6 Å². The second kappa shape index (κ2) is 17.1. The lowest BCUT2D eigenvalue weighted by Crippen LogP contribution is -2.56. The van der Waals surface area contributed by atoms with Gasteiger partial charge in [-0.05, 0) is 124 Å². The van der Waals surface area contributed by atoms with Crippen LogP contribution in [0.3, 0.4) is 0 Å². The summed E-state index contributed by atoms with van der Waals surface area (Å²) >= 11 is 0. The number of hydrogen-bond acceptors (Lipinski definition) is 7. The van der Waals surface area contributed by atoms with Crippen molar-refractivity contribution in [2.45, 2.75) is 130 Å². The van der Waals surface area contributed by atoms with Gasteiger partial charge in [-0.3, -0.25) is 19.2 Å². The van der Waals surface area contributed by atoms with E-state index in [2.05, 4.69) is 24.5 Å². The van der Waals surface area contributed by atoms with Gasteiger partial charge >= 0.3 is 12.1 Å². The van der Waals surface area contributed by atoms with Crippen molar-refractivity contribution in [2.24, 2.45) is 40.4 Å². The molecule has 3 amide bonds. The maximum absolute atomic E-state index is 14.7. The number of nitrogens with one attached hydrogen (secondary N) is 2. The zero-order valence-corrected chi connectivity index (χ0v) is 34.3. The number of hydrogen-bond donors (Lipinski definition) is 2. The third-order valence-corrected chi connectivity index (χ3v) is 13.9. The van der Waals surface area contributed by atoms with Gasteiger partial charge in [-0.25, -0.2) is 4.79 Å². The van der Waals surface area contributed by atoms with Crippen LogP contribution in [0.1, 0.15) is 110 Å². The first kappa shape index (κ1) is 41.4. The van der Waals surface area contributed by atoms with E-state index in [4.69, 9.17) is 9.47 Å². The van der Waals surface area contributed by atoms with Crippen molar-refractivity contribution < 1.29 is 33.4 Å². The molecule has 0 aliphatic heterocycles. The molecule has 4 aliphatic rings. The normalized spacial score (nSPS) is 30.0. The summed E-state index contributed by atoms with van der Waals surface area (Å²) < 4.78 is 11.2. The van der Waals surface area contributed by atoms with Crippen LogP contribution in [-0.4, -0.2) is 65.4 Å². The van der Waals surface area contributed by atoms with E-state index >= 15 is 0 Å². The Hall–Kier alpha value is -4.21. The Labute approximate surface area is 333 Å². The van der Waals surface area contributed by atoms with E-state index in [1.807, 2.05) is 60.7 Å². The molecule has 0 spiro atoms. The summed E-state index contributed by atoms with van der Waals surface area (Å²) in [5, 5.41) is 5.71. The number of Topliss-reactive ketones (excluding diaryl/α,β-unsaturated/α-hetero) is 1. The molecular weight excluding hydrogens is 707 g/mol. The van der Waals surface area contributed by atoms with E-state index < -0.39 is 23.6 Å². The number of benzene rings is 2. The van der Waals surface area contributed by atoms with E-state index in [9.17, 15) is 24.0 Å². The van der Waals surface area contributed by atoms with Crippen LogP contribution in [0, 0.1) is 40.4 Å². The van der Waals surface area contributed by atoms with E-state index in [1.165, 1.54) is 11.8 Å². The third-order valence-electron chi connectivity index (χ3n) is 13.9. The van der Waals surface area contributed by atoms with Crippen LogP contribution in [0.4, 0.5) is 4.79 Å². The third kappa shape index (κ3) is 9.48. The highest BCUT2D eigenvalue weighted by Crippen LogP contribution is 2.67. The fourth-order valence-corrected chi connectivity index (χ4v) is 11.3. The minimum Gasteiger partial charge on any atom is -0.463 e.